The topological polar surface area (TPSA) is 86.8 Å². The Morgan fingerprint density at radius 2 is 1.42 bits per heavy atom. The molecule has 0 heterocycles. The molecule has 5 rings (SSSR count). The van der Waals surface area contributed by atoms with Crippen molar-refractivity contribution < 1.29 is 18.0 Å². The van der Waals surface area contributed by atoms with Gasteiger partial charge in [-0.3, -0.25) is 13.9 Å². The monoisotopic (exact) mass is 687 g/mol. The Balaban J connectivity index is 1.55. The van der Waals surface area contributed by atoms with Gasteiger partial charge in [0.15, 0.2) is 0 Å². The van der Waals surface area contributed by atoms with E-state index in [4.69, 9.17) is 0 Å². The van der Waals surface area contributed by atoms with Crippen LogP contribution in [0.15, 0.2) is 119 Å². The Hall–Kier alpha value is -3.95. The van der Waals surface area contributed by atoms with E-state index in [1.807, 2.05) is 61.5 Å². The Morgan fingerprint density at radius 3 is 2.04 bits per heavy atom. The first-order valence-corrected chi connectivity index (χ1v) is 17.5. The average Bonchev–Trinajstić information content (AvgIpc) is 3.57. The first-order valence-electron chi connectivity index (χ1n) is 15.2. The van der Waals surface area contributed by atoms with Gasteiger partial charge in [0.25, 0.3) is 10.0 Å². The summed E-state index contributed by atoms with van der Waals surface area (Å²) in [6.07, 6.45) is 4.21. The van der Waals surface area contributed by atoms with E-state index < -0.39 is 28.5 Å². The van der Waals surface area contributed by atoms with E-state index in [2.05, 4.69) is 21.2 Å². The summed E-state index contributed by atoms with van der Waals surface area (Å²) in [4.78, 5) is 30.2. The summed E-state index contributed by atoms with van der Waals surface area (Å²) in [6.45, 7) is 1.66. The Bertz CT molecular complexity index is 1680. The van der Waals surface area contributed by atoms with Crippen LogP contribution in [0, 0.1) is 6.92 Å². The lowest BCUT2D eigenvalue weighted by molar-refractivity contribution is -0.140. The summed E-state index contributed by atoms with van der Waals surface area (Å²) in [7, 11) is -4.13. The molecule has 0 radical (unpaired) electrons. The minimum Gasteiger partial charge on any atom is -0.352 e. The molecule has 9 heteroatoms. The van der Waals surface area contributed by atoms with Gasteiger partial charge < -0.3 is 10.2 Å². The molecule has 0 aromatic heterocycles. The number of benzene rings is 4. The molecule has 1 saturated carbocycles. The number of hydrogen-bond acceptors (Lipinski definition) is 4. The molecule has 1 fully saturated rings. The molecule has 2 amide bonds. The Morgan fingerprint density at radius 1 is 0.822 bits per heavy atom. The molecule has 1 atom stereocenters. The molecule has 7 nitrogen and oxygen atoms in total. The molecule has 0 spiro atoms. The third-order valence-electron chi connectivity index (χ3n) is 8.17. The van der Waals surface area contributed by atoms with Crippen LogP contribution in [0.25, 0.3) is 0 Å². The molecule has 1 N–H and O–H groups in total. The third-order valence-corrected chi connectivity index (χ3v) is 10.5. The van der Waals surface area contributed by atoms with Gasteiger partial charge in [-0.05, 0) is 67.3 Å². The lowest BCUT2D eigenvalue weighted by Gasteiger charge is -2.34. The Labute approximate surface area is 274 Å². The predicted octanol–water partition coefficient (Wildman–Crippen LogP) is 6.65. The summed E-state index contributed by atoms with van der Waals surface area (Å²) >= 11 is 3.42. The molecule has 45 heavy (non-hydrogen) atoms. The van der Waals surface area contributed by atoms with Gasteiger partial charge in [-0.25, -0.2) is 8.42 Å². The summed E-state index contributed by atoms with van der Waals surface area (Å²) < 4.78 is 30.0. The molecule has 4 aromatic rings. The van der Waals surface area contributed by atoms with Gasteiger partial charge in [0.05, 0.1) is 10.6 Å². The highest BCUT2D eigenvalue weighted by atomic mass is 79.9. The molecule has 0 bridgehead atoms. The minimum absolute atomic E-state index is 0.0600. The fourth-order valence-corrected chi connectivity index (χ4v) is 7.37. The Kier molecular flexibility index (Phi) is 10.7. The maximum absolute atomic E-state index is 14.5. The highest BCUT2D eigenvalue weighted by molar-refractivity contribution is 9.10. The summed E-state index contributed by atoms with van der Waals surface area (Å²) in [5.41, 5.74) is 3.18. The molecule has 0 unspecified atom stereocenters. The molecule has 1 aliphatic rings. The highest BCUT2D eigenvalue weighted by Crippen LogP contribution is 2.27. The zero-order chi connectivity index (χ0) is 31.8. The van der Waals surface area contributed by atoms with Crippen LogP contribution in [0.5, 0.6) is 0 Å². The van der Waals surface area contributed by atoms with E-state index in [1.54, 1.807) is 47.4 Å². The summed E-state index contributed by atoms with van der Waals surface area (Å²) in [5.74, 6) is -0.701. The number of halogens is 1. The van der Waals surface area contributed by atoms with Crippen LogP contribution in [0.3, 0.4) is 0 Å². The first kappa shape index (κ1) is 32.4. The van der Waals surface area contributed by atoms with Gasteiger partial charge in [0.1, 0.15) is 12.6 Å². The normalized spacial score (nSPS) is 14.1. The van der Waals surface area contributed by atoms with E-state index in [1.165, 1.54) is 12.1 Å². The second-order valence-corrected chi connectivity index (χ2v) is 14.3. The van der Waals surface area contributed by atoms with Crippen LogP contribution in [0.4, 0.5) is 5.69 Å². The largest absolute Gasteiger partial charge is 0.352 e. The summed E-state index contributed by atoms with van der Waals surface area (Å²) in [5, 5.41) is 3.21. The van der Waals surface area contributed by atoms with Crippen LogP contribution in [-0.4, -0.2) is 43.8 Å². The van der Waals surface area contributed by atoms with Crippen LogP contribution in [-0.2, 0) is 32.6 Å². The van der Waals surface area contributed by atoms with Crippen molar-refractivity contribution >= 4 is 43.5 Å². The number of hydrogen-bond donors (Lipinski definition) is 1. The predicted molar refractivity (Wildman–Crippen MR) is 181 cm³/mol. The standard InChI is InChI=1S/C36H38BrN3O4S/c1-27-16-18-29(19-17-27)25-39(34(24-28-10-4-2-5-11-28)36(42)38-31-12-8-9-13-31)35(41)26-40(32-22-20-30(37)21-23-32)45(43,44)33-14-6-3-7-15-33/h2-7,10-11,14-23,31,34H,8-9,12-13,24-26H2,1H3,(H,38,42)/t34-/m1/s1. The number of carbonyl (C=O) groups excluding carboxylic acids is 2. The van der Waals surface area contributed by atoms with Crippen molar-refractivity contribution in [2.75, 3.05) is 10.8 Å². The van der Waals surface area contributed by atoms with Gasteiger partial charge in [-0.1, -0.05) is 107 Å². The van der Waals surface area contributed by atoms with E-state index in [0.717, 1.165) is 51.2 Å². The van der Waals surface area contributed by atoms with Crippen molar-refractivity contribution in [3.8, 4) is 0 Å². The van der Waals surface area contributed by atoms with Crippen LogP contribution < -0.4 is 9.62 Å². The van der Waals surface area contributed by atoms with Gasteiger partial charge in [0.2, 0.25) is 11.8 Å². The molecule has 0 saturated heterocycles. The third kappa shape index (κ3) is 8.41. The number of sulfonamides is 1. The molecule has 0 aliphatic heterocycles. The number of amides is 2. The quantitative estimate of drug-likeness (QED) is 0.181. The van der Waals surface area contributed by atoms with Crippen LogP contribution in [0.1, 0.15) is 42.4 Å². The number of rotatable bonds is 12. The highest BCUT2D eigenvalue weighted by Gasteiger charge is 2.35. The molecule has 1 aliphatic carbocycles. The van der Waals surface area contributed by atoms with Gasteiger partial charge in [0, 0.05) is 23.5 Å². The van der Waals surface area contributed by atoms with E-state index in [-0.39, 0.29) is 23.4 Å². The average molecular weight is 689 g/mol. The molecule has 4 aromatic carbocycles. The first-order chi connectivity index (χ1) is 21.7. The van der Waals surface area contributed by atoms with Gasteiger partial charge in [-0.2, -0.15) is 0 Å². The van der Waals surface area contributed by atoms with Gasteiger partial charge in [-0.15, -0.1) is 0 Å². The maximum atomic E-state index is 14.5. The number of anilines is 1. The number of nitrogens with zero attached hydrogens (tertiary/aromatic N) is 2. The zero-order valence-electron chi connectivity index (χ0n) is 25.3. The fraction of sp³-hybridized carbons (Fsp3) is 0.278. The molecular formula is C36H38BrN3O4S. The second kappa shape index (κ2) is 14.9. The summed E-state index contributed by atoms with van der Waals surface area (Å²) in [6, 6.07) is 31.5. The number of nitrogens with one attached hydrogen (secondary N) is 1. The minimum atomic E-state index is -4.13. The van der Waals surface area contributed by atoms with Crippen LogP contribution in [0.2, 0.25) is 0 Å². The van der Waals surface area contributed by atoms with E-state index in [9.17, 15) is 18.0 Å². The SMILES string of the molecule is Cc1ccc(CN(C(=O)CN(c2ccc(Br)cc2)S(=O)(=O)c2ccccc2)[C@H](Cc2ccccc2)C(=O)NC2CCCC2)cc1. The van der Waals surface area contributed by atoms with Crippen molar-refractivity contribution in [2.45, 2.75) is 62.6 Å². The lowest BCUT2D eigenvalue weighted by Crippen LogP contribution is -2.54. The maximum Gasteiger partial charge on any atom is 0.264 e. The van der Waals surface area contributed by atoms with Crippen molar-refractivity contribution in [2.24, 2.45) is 0 Å². The van der Waals surface area contributed by atoms with Gasteiger partial charge >= 0.3 is 0 Å². The van der Waals surface area contributed by atoms with Crippen molar-refractivity contribution in [1.82, 2.24) is 10.2 Å². The molecular weight excluding hydrogens is 650 g/mol. The lowest BCUT2D eigenvalue weighted by atomic mass is 10.0. The number of carbonyl (C=O) groups is 2. The number of aryl methyl sites for hydroxylation is 1. The van der Waals surface area contributed by atoms with E-state index in [0.29, 0.717) is 12.1 Å². The van der Waals surface area contributed by atoms with Crippen LogP contribution >= 0.6 is 15.9 Å². The van der Waals surface area contributed by atoms with Crippen molar-refractivity contribution in [3.63, 3.8) is 0 Å². The zero-order valence-corrected chi connectivity index (χ0v) is 27.7. The van der Waals surface area contributed by atoms with E-state index >= 15 is 0 Å². The van der Waals surface area contributed by atoms with Crippen molar-refractivity contribution in [1.29, 1.82) is 0 Å². The fourth-order valence-electron chi connectivity index (χ4n) is 5.67. The molecule has 234 valence electrons. The smallest absolute Gasteiger partial charge is 0.264 e. The van der Waals surface area contributed by atoms with Crippen molar-refractivity contribution in [3.05, 3.63) is 130 Å². The second-order valence-electron chi connectivity index (χ2n) is 11.5.